The molecule has 7 nitrogen and oxygen atoms in total. The summed E-state index contributed by atoms with van der Waals surface area (Å²) in [5.74, 6) is -1.32. The minimum Gasteiger partial charge on any atom is -0.478 e. The fourth-order valence-electron chi connectivity index (χ4n) is 5.11. The molecule has 4 rings (SSSR count). The number of alkyl carbamates (subject to hydrolysis) is 1. The Balaban J connectivity index is 1.29. The third-order valence-corrected chi connectivity index (χ3v) is 6.75. The van der Waals surface area contributed by atoms with Gasteiger partial charge in [0, 0.05) is 31.0 Å². The first-order valence-electron chi connectivity index (χ1n) is 11.8. The Morgan fingerprint density at radius 1 is 0.941 bits per heavy atom. The number of hydrogen-bond donors (Lipinski definition) is 3. The summed E-state index contributed by atoms with van der Waals surface area (Å²) in [7, 11) is 0. The number of hydrogen-bond acceptors (Lipinski definition) is 4. The lowest BCUT2D eigenvalue weighted by Gasteiger charge is -2.30. The smallest absolute Gasteiger partial charge is 0.407 e. The van der Waals surface area contributed by atoms with Gasteiger partial charge in [-0.25, -0.2) is 9.59 Å². The Morgan fingerprint density at radius 3 is 2.26 bits per heavy atom. The molecule has 0 saturated heterocycles. The van der Waals surface area contributed by atoms with Crippen LogP contribution in [0.2, 0.25) is 0 Å². The molecule has 0 aliphatic heterocycles. The van der Waals surface area contributed by atoms with Crippen LogP contribution in [0.25, 0.3) is 11.1 Å². The van der Waals surface area contributed by atoms with E-state index in [9.17, 15) is 14.4 Å². The highest BCUT2D eigenvalue weighted by Crippen LogP contribution is 2.44. The number of rotatable bonds is 8. The van der Waals surface area contributed by atoms with Gasteiger partial charge in [0.2, 0.25) is 5.91 Å². The summed E-state index contributed by atoms with van der Waals surface area (Å²) in [4.78, 5) is 35.7. The number of benzene rings is 2. The lowest BCUT2D eigenvalue weighted by atomic mass is 9.78. The second kappa shape index (κ2) is 11.0. The number of amides is 2. The van der Waals surface area contributed by atoms with E-state index in [1.54, 1.807) is 0 Å². The molecule has 2 aliphatic rings. The fraction of sp³-hybridized carbons (Fsp3) is 0.370. The summed E-state index contributed by atoms with van der Waals surface area (Å²) in [5.41, 5.74) is 4.69. The van der Waals surface area contributed by atoms with Gasteiger partial charge in [0.1, 0.15) is 6.61 Å². The molecule has 2 atom stereocenters. The highest BCUT2D eigenvalue weighted by Gasteiger charge is 2.32. The normalized spacial score (nSPS) is 19.3. The summed E-state index contributed by atoms with van der Waals surface area (Å²) < 4.78 is 5.61. The maximum atomic E-state index is 12.6. The van der Waals surface area contributed by atoms with Gasteiger partial charge in [0.05, 0.1) is 0 Å². The molecule has 2 aliphatic carbocycles. The molecule has 34 heavy (non-hydrogen) atoms. The molecule has 2 aromatic carbocycles. The molecular weight excluding hydrogens is 432 g/mol. The first-order valence-corrected chi connectivity index (χ1v) is 11.8. The molecule has 2 aromatic rings. The molecule has 1 fully saturated rings. The lowest BCUT2D eigenvalue weighted by molar-refractivity contribution is -0.131. The van der Waals surface area contributed by atoms with Gasteiger partial charge in [-0.1, -0.05) is 67.4 Å². The van der Waals surface area contributed by atoms with Crippen molar-refractivity contribution >= 4 is 18.0 Å². The Bertz CT molecular complexity index is 1030. The number of fused-ring (bicyclic) bond motifs is 3. The van der Waals surface area contributed by atoms with Crippen LogP contribution in [0.3, 0.4) is 0 Å². The molecular formula is C27H30N2O5. The van der Waals surface area contributed by atoms with Gasteiger partial charge < -0.3 is 20.5 Å². The summed E-state index contributed by atoms with van der Waals surface area (Å²) in [6, 6.07) is 16.4. The Labute approximate surface area is 199 Å². The van der Waals surface area contributed by atoms with Gasteiger partial charge in [0.25, 0.3) is 0 Å². The summed E-state index contributed by atoms with van der Waals surface area (Å²) in [6.07, 6.45) is 5.53. The van der Waals surface area contributed by atoms with Crippen LogP contribution in [0, 0.1) is 11.8 Å². The minimum absolute atomic E-state index is 0.00483. The Morgan fingerprint density at radius 2 is 1.59 bits per heavy atom. The van der Waals surface area contributed by atoms with Crippen LogP contribution >= 0.6 is 0 Å². The molecule has 0 unspecified atom stereocenters. The predicted molar refractivity (Wildman–Crippen MR) is 128 cm³/mol. The van der Waals surface area contributed by atoms with Crippen LogP contribution in [0.5, 0.6) is 0 Å². The van der Waals surface area contributed by atoms with E-state index in [4.69, 9.17) is 9.84 Å². The number of carbonyl (C=O) groups excluding carboxylic acids is 2. The molecule has 0 aromatic heterocycles. The average Bonchev–Trinajstić information content (AvgIpc) is 3.17. The number of ether oxygens (including phenoxy) is 1. The van der Waals surface area contributed by atoms with Crippen LogP contribution in [-0.4, -0.2) is 42.8 Å². The van der Waals surface area contributed by atoms with E-state index in [0.29, 0.717) is 6.54 Å². The molecule has 0 heterocycles. The standard InChI is InChI=1S/C27H30N2O5/c30-25(31)14-7-15-28-26(32)19-9-2-1-8-18(19)16-29-27(33)34-17-24-22-12-5-3-10-20(22)21-11-4-6-13-23(21)24/h3-7,10-14,18-19,24H,1-2,8-9,15-17H2,(H,28,32)(H,29,33)(H,30,31)/b14-7+/t18-,19-/m1/s1. The first-order chi connectivity index (χ1) is 16.5. The molecule has 2 amide bonds. The Hall–Kier alpha value is -3.61. The van der Waals surface area contributed by atoms with E-state index in [1.807, 2.05) is 24.3 Å². The van der Waals surface area contributed by atoms with Gasteiger partial charge in [-0.15, -0.1) is 0 Å². The summed E-state index contributed by atoms with van der Waals surface area (Å²) in [6.45, 7) is 0.804. The molecule has 0 spiro atoms. The zero-order valence-corrected chi connectivity index (χ0v) is 19.0. The first kappa shape index (κ1) is 23.5. The SMILES string of the molecule is O=C(O)/C=C/CNC(=O)[C@@H]1CCCC[C@@H]1CNC(=O)OCC1c2ccccc2-c2ccccc21. The van der Waals surface area contributed by atoms with Crippen molar-refractivity contribution in [1.29, 1.82) is 0 Å². The quantitative estimate of drug-likeness (QED) is 0.513. The van der Waals surface area contributed by atoms with Gasteiger partial charge in [-0.05, 0) is 41.0 Å². The van der Waals surface area contributed by atoms with Crippen molar-refractivity contribution in [1.82, 2.24) is 10.6 Å². The van der Waals surface area contributed by atoms with Crippen LogP contribution in [0.15, 0.2) is 60.7 Å². The largest absolute Gasteiger partial charge is 0.478 e. The van der Waals surface area contributed by atoms with E-state index in [2.05, 4.69) is 34.9 Å². The zero-order chi connectivity index (χ0) is 23.9. The second-order valence-electron chi connectivity index (χ2n) is 8.84. The summed E-state index contributed by atoms with van der Waals surface area (Å²) in [5, 5.41) is 14.3. The van der Waals surface area contributed by atoms with Crippen LogP contribution < -0.4 is 10.6 Å². The van der Waals surface area contributed by atoms with E-state index in [0.717, 1.165) is 42.9 Å². The predicted octanol–water partition coefficient (Wildman–Crippen LogP) is 4.09. The van der Waals surface area contributed by atoms with Crippen molar-refractivity contribution in [2.45, 2.75) is 31.6 Å². The zero-order valence-electron chi connectivity index (χ0n) is 19.0. The van der Waals surface area contributed by atoms with E-state index >= 15 is 0 Å². The maximum Gasteiger partial charge on any atom is 0.407 e. The molecule has 0 radical (unpaired) electrons. The highest BCUT2D eigenvalue weighted by atomic mass is 16.5. The van der Waals surface area contributed by atoms with Crippen molar-refractivity contribution in [3.8, 4) is 11.1 Å². The number of carbonyl (C=O) groups is 3. The van der Waals surface area contributed by atoms with Gasteiger partial charge >= 0.3 is 12.1 Å². The van der Waals surface area contributed by atoms with Crippen molar-refractivity contribution in [3.05, 3.63) is 71.8 Å². The fourth-order valence-corrected chi connectivity index (χ4v) is 5.11. The number of carboxylic acids is 1. The number of carboxylic acid groups (broad SMARTS) is 1. The van der Waals surface area contributed by atoms with Gasteiger partial charge in [-0.3, -0.25) is 4.79 Å². The monoisotopic (exact) mass is 462 g/mol. The van der Waals surface area contributed by atoms with Crippen LogP contribution in [0.4, 0.5) is 4.79 Å². The minimum atomic E-state index is -1.04. The highest BCUT2D eigenvalue weighted by molar-refractivity contribution is 5.81. The van der Waals surface area contributed by atoms with E-state index in [-0.39, 0.29) is 36.8 Å². The molecule has 7 heteroatoms. The molecule has 178 valence electrons. The number of nitrogens with one attached hydrogen (secondary N) is 2. The lowest BCUT2D eigenvalue weighted by Crippen LogP contribution is -2.42. The van der Waals surface area contributed by atoms with Crippen molar-refractivity contribution in [2.24, 2.45) is 11.8 Å². The molecule has 0 bridgehead atoms. The maximum absolute atomic E-state index is 12.6. The van der Waals surface area contributed by atoms with Crippen molar-refractivity contribution in [3.63, 3.8) is 0 Å². The third kappa shape index (κ3) is 5.47. The third-order valence-electron chi connectivity index (χ3n) is 6.75. The van der Waals surface area contributed by atoms with Crippen molar-refractivity contribution in [2.75, 3.05) is 19.7 Å². The van der Waals surface area contributed by atoms with Crippen LogP contribution in [-0.2, 0) is 14.3 Å². The van der Waals surface area contributed by atoms with Gasteiger partial charge in [-0.2, -0.15) is 0 Å². The molecule has 1 saturated carbocycles. The molecule has 3 N–H and O–H groups in total. The van der Waals surface area contributed by atoms with E-state index in [1.165, 1.54) is 17.2 Å². The topological polar surface area (TPSA) is 105 Å². The Kier molecular flexibility index (Phi) is 7.62. The van der Waals surface area contributed by atoms with Crippen LogP contribution in [0.1, 0.15) is 42.7 Å². The van der Waals surface area contributed by atoms with Gasteiger partial charge in [0.15, 0.2) is 0 Å². The second-order valence-corrected chi connectivity index (χ2v) is 8.84. The van der Waals surface area contributed by atoms with Crippen molar-refractivity contribution < 1.29 is 24.2 Å². The summed E-state index contributed by atoms with van der Waals surface area (Å²) >= 11 is 0. The van der Waals surface area contributed by atoms with E-state index < -0.39 is 12.1 Å². The average molecular weight is 463 g/mol. The number of aliphatic carboxylic acids is 1.